The standard InChI is InChI=1S/C23H16ClF4N3O/c24-18-3-1-2-4-19(18)31-20(13-21(29)23(26,27)28)14-5-7-15(8-6-14)22(32)30-17-11-9-16(25)10-12-17/h1-12,29H,13H2,(H,30,32). The van der Waals surface area contributed by atoms with E-state index in [2.05, 4.69) is 10.3 Å². The summed E-state index contributed by atoms with van der Waals surface area (Å²) in [5, 5.41) is 10.2. The first-order chi connectivity index (χ1) is 15.1. The first-order valence-corrected chi connectivity index (χ1v) is 9.65. The van der Waals surface area contributed by atoms with Crippen LogP contribution in [0.3, 0.4) is 0 Å². The lowest BCUT2D eigenvalue weighted by Gasteiger charge is -2.12. The molecule has 0 aliphatic carbocycles. The zero-order chi connectivity index (χ0) is 23.3. The minimum atomic E-state index is -4.80. The Labute approximate surface area is 186 Å². The molecule has 0 fully saturated rings. The maximum Gasteiger partial charge on any atom is 0.429 e. The Bertz CT molecular complexity index is 1160. The minimum Gasteiger partial charge on any atom is -0.322 e. The van der Waals surface area contributed by atoms with Gasteiger partial charge in [0.05, 0.1) is 16.4 Å². The van der Waals surface area contributed by atoms with E-state index in [0.29, 0.717) is 11.3 Å². The van der Waals surface area contributed by atoms with Gasteiger partial charge in [-0.15, -0.1) is 0 Å². The molecule has 3 aromatic carbocycles. The van der Waals surface area contributed by atoms with Crippen molar-refractivity contribution in [1.29, 1.82) is 5.41 Å². The third-order valence-electron chi connectivity index (χ3n) is 4.38. The quantitative estimate of drug-likeness (QED) is 0.307. The number of para-hydroxylation sites is 1. The Morgan fingerprint density at radius 3 is 2.12 bits per heavy atom. The van der Waals surface area contributed by atoms with Gasteiger partial charge in [0.25, 0.3) is 5.91 Å². The smallest absolute Gasteiger partial charge is 0.322 e. The third kappa shape index (κ3) is 6.01. The topological polar surface area (TPSA) is 65.3 Å². The van der Waals surface area contributed by atoms with Gasteiger partial charge in [0.2, 0.25) is 0 Å². The molecule has 0 saturated heterocycles. The van der Waals surface area contributed by atoms with Crippen molar-refractivity contribution in [1.82, 2.24) is 0 Å². The molecule has 164 valence electrons. The van der Waals surface area contributed by atoms with Gasteiger partial charge in [-0.05, 0) is 54.1 Å². The largest absolute Gasteiger partial charge is 0.429 e. The van der Waals surface area contributed by atoms with Gasteiger partial charge >= 0.3 is 6.18 Å². The summed E-state index contributed by atoms with van der Waals surface area (Å²) in [5.41, 5.74) is -0.289. The highest BCUT2D eigenvalue weighted by atomic mass is 35.5. The monoisotopic (exact) mass is 461 g/mol. The number of benzene rings is 3. The summed E-state index contributed by atoms with van der Waals surface area (Å²) in [6, 6.07) is 17.3. The maximum atomic E-state index is 13.0. The lowest BCUT2D eigenvalue weighted by molar-refractivity contribution is -0.0605. The van der Waals surface area contributed by atoms with Crippen molar-refractivity contribution in [3.63, 3.8) is 0 Å². The Morgan fingerprint density at radius 2 is 1.53 bits per heavy atom. The molecular weight excluding hydrogens is 446 g/mol. The number of halogens is 5. The average Bonchev–Trinajstić information content (AvgIpc) is 2.75. The predicted octanol–water partition coefficient (Wildman–Crippen LogP) is 6.82. The van der Waals surface area contributed by atoms with Gasteiger partial charge in [0.1, 0.15) is 11.5 Å². The lowest BCUT2D eigenvalue weighted by atomic mass is 10.0. The molecule has 0 saturated carbocycles. The van der Waals surface area contributed by atoms with Crippen LogP contribution >= 0.6 is 11.6 Å². The molecule has 9 heteroatoms. The van der Waals surface area contributed by atoms with E-state index in [1.807, 2.05) is 0 Å². The molecule has 1 amide bonds. The summed E-state index contributed by atoms with van der Waals surface area (Å²) in [4.78, 5) is 16.6. The Hall–Kier alpha value is -3.52. The van der Waals surface area contributed by atoms with Crippen LogP contribution in [0.4, 0.5) is 28.9 Å². The van der Waals surface area contributed by atoms with Gasteiger partial charge in [0.15, 0.2) is 0 Å². The number of anilines is 1. The summed E-state index contributed by atoms with van der Waals surface area (Å²) >= 11 is 6.08. The van der Waals surface area contributed by atoms with Gasteiger partial charge in [-0.3, -0.25) is 9.79 Å². The fraction of sp³-hybridized carbons (Fsp3) is 0.0870. The minimum absolute atomic E-state index is 0.0223. The van der Waals surface area contributed by atoms with Gasteiger partial charge in [-0.1, -0.05) is 35.9 Å². The van der Waals surface area contributed by atoms with Crippen LogP contribution in [0.15, 0.2) is 77.8 Å². The Morgan fingerprint density at radius 1 is 0.938 bits per heavy atom. The first-order valence-electron chi connectivity index (χ1n) is 9.27. The third-order valence-corrected chi connectivity index (χ3v) is 4.70. The number of amides is 1. The fourth-order valence-electron chi connectivity index (χ4n) is 2.71. The van der Waals surface area contributed by atoms with Crippen molar-refractivity contribution in [2.75, 3.05) is 5.32 Å². The average molecular weight is 462 g/mol. The van der Waals surface area contributed by atoms with E-state index in [9.17, 15) is 22.4 Å². The molecule has 0 radical (unpaired) electrons. The number of aliphatic imine (C=N–C) groups is 1. The van der Waals surface area contributed by atoms with E-state index in [4.69, 9.17) is 17.0 Å². The van der Waals surface area contributed by atoms with Crippen molar-refractivity contribution >= 4 is 40.3 Å². The van der Waals surface area contributed by atoms with Gasteiger partial charge in [0, 0.05) is 17.7 Å². The van der Waals surface area contributed by atoms with Crippen molar-refractivity contribution in [2.45, 2.75) is 12.6 Å². The van der Waals surface area contributed by atoms with Gasteiger partial charge < -0.3 is 10.7 Å². The summed E-state index contributed by atoms with van der Waals surface area (Å²) in [5.74, 6) is -0.919. The second-order valence-corrected chi connectivity index (χ2v) is 7.11. The number of nitrogens with zero attached hydrogens (tertiary/aromatic N) is 1. The van der Waals surface area contributed by atoms with Crippen molar-refractivity contribution < 1.29 is 22.4 Å². The summed E-state index contributed by atoms with van der Waals surface area (Å²) in [7, 11) is 0. The van der Waals surface area contributed by atoms with Gasteiger partial charge in [-0.25, -0.2) is 4.39 Å². The predicted molar refractivity (Wildman–Crippen MR) is 117 cm³/mol. The van der Waals surface area contributed by atoms with Crippen LogP contribution in [0.25, 0.3) is 0 Å². The second kappa shape index (κ2) is 9.74. The Kier molecular flexibility index (Phi) is 7.05. The number of rotatable bonds is 6. The van der Waals surface area contributed by atoms with E-state index >= 15 is 0 Å². The summed E-state index contributed by atoms with van der Waals surface area (Å²) in [6.45, 7) is 0. The zero-order valence-electron chi connectivity index (χ0n) is 16.4. The number of nitrogens with one attached hydrogen (secondary N) is 2. The molecule has 0 bridgehead atoms. The number of alkyl halides is 3. The normalized spacial score (nSPS) is 11.8. The molecule has 0 heterocycles. The lowest BCUT2D eigenvalue weighted by Crippen LogP contribution is -2.25. The SMILES string of the molecule is N=C(CC(=Nc1ccccc1Cl)c1ccc(C(=O)Nc2ccc(F)cc2)cc1)C(F)(F)F. The van der Waals surface area contributed by atoms with Gasteiger partial charge in [-0.2, -0.15) is 13.2 Å². The van der Waals surface area contributed by atoms with E-state index in [0.717, 1.165) is 0 Å². The highest BCUT2D eigenvalue weighted by Gasteiger charge is 2.35. The number of hydrogen-bond donors (Lipinski definition) is 2. The summed E-state index contributed by atoms with van der Waals surface area (Å²) in [6.07, 6.45) is -5.56. The van der Waals surface area contributed by atoms with Crippen molar-refractivity contribution in [3.05, 3.63) is 94.8 Å². The molecule has 0 aliphatic heterocycles. The van der Waals surface area contributed by atoms with Crippen LogP contribution in [-0.4, -0.2) is 23.5 Å². The molecule has 3 aromatic rings. The van der Waals surface area contributed by atoms with Crippen LogP contribution in [0.1, 0.15) is 22.3 Å². The molecule has 2 N–H and O–H groups in total. The van der Waals surface area contributed by atoms with E-state index in [1.165, 1.54) is 48.5 Å². The van der Waals surface area contributed by atoms with Crippen LogP contribution in [-0.2, 0) is 0 Å². The molecule has 0 atom stereocenters. The second-order valence-electron chi connectivity index (χ2n) is 6.70. The summed E-state index contributed by atoms with van der Waals surface area (Å²) < 4.78 is 51.9. The molecule has 0 aromatic heterocycles. The van der Waals surface area contributed by atoms with Crippen LogP contribution in [0.2, 0.25) is 5.02 Å². The van der Waals surface area contributed by atoms with E-state index < -0.39 is 30.0 Å². The molecular formula is C23H16ClF4N3O. The molecule has 32 heavy (non-hydrogen) atoms. The molecule has 0 spiro atoms. The number of carbonyl (C=O) groups is 1. The van der Waals surface area contributed by atoms with E-state index in [1.54, 1.807) is 24.3 Å². The molecule has 4 nitrogen and oxygen atoms in total. The van der Waals surface area contributed by atoms with Crippen LogP contribution < -0.4 is 5.32 Å². The van der Waals surface area contributed by atoms with Crippen molar-refractivity contribution in [3.8, 4) is 0 Å². The molecule has 0 aliphatic rings. The first kappa shape index (κ1) is 23.1. The van der Waals surface area contributed by atoms with Crippen LogP contribution in [0, 0.1) is 11.2 Å². The van der Waals surface area contributed by atoms with Crippen LogP contribution in [0.5, 0.6) is 0 Å². The fourth-order valence-corrected chi connectivity index (χ4v) is 2.89. The molecule has 3 rings (SSSR count). The molecule has 0 unspecified atom stereocenters. The maximum absolute atomic E-state index is 13.0. The highest BCUT2D eigenvalue weighted by Crippen LogP contribution is 2.27. The zero-order valence-corrected chi connectivity index (χ0v) is 17.1. The highest BCUT2D eigenvalue weighted by molar-refractivity contribution is 6.33. The van der Waals surface area contributed by atoms with E-state index in [-0.39, 0.29) is 22.0 Å². The Balaban J connectivity index is 1.88. The van der Waals surface area contributed by atoms with Crippen molar-refractivity contribution in [2.24, 2.45) is 4.99 Å². The number of carbonyl (C=O) groups excluding carboxylic acids is 1. The number of hydrogen-bond acceptors (Lipinski definition) is 3.